The van der Waals surface area contributed by atoms with Crippen molar-refractivity contribution in [2.75, 3.05) is 36.5 Å². The summed E-state index contributed by atoms with van der Waals surface area (Å²) in [5.74, 6) is -6.22. The largest absolute Gasteiger partial charge is 0.471 e. The summed E-state index contributed by atoms with van der Waals surface area (Å²) in [5.41, 5.74) is -1.77. The first-order chi connectivity index (χ1) is 30.1. The molecule has 20 heteroatoms. The summed E-state index contributed by atoms with van der Waals surface area (Å²) in [5, 5.41) is 13.6. The van der Waals surface area contributed by atoms with Crippen LogP contribution >= 0.6 is 8.53 Å². The first kappa shape index (κ1) is 49.7. The van der Waals surface area contributed by atoms with Gasteiger partial charge in [0, 0.05) is 65.2 Å². The Bertz CT molecular complexity index is 2290. The number of carbonyl (C=O) groups excluding carboxylic acids is 4. The molecule has 0 saturated carbocycles. The van der Waals surface area contributed by atoms with Gasteiger partial charge in [-0.15, -0.1) is 0 Å². The highest BCUT2D eigenvalue weighted by atomic mass is 31.2. The van der Waals surface area contributed by atoms with Gasteiger partial charge in [0.1, 0.15) is 11.5 Å². The Morgan fingerprint density at radius 3 is 2.08 bits per heavy atom. The summed E-state index contributed by atoms with van der Waals surface area (Å²) in [6, 6.07) is 11.6. The maximum Gasteiger partial charge on any atom is 0.471 e. The van der Waals surface area contributed by atoms with Crippen LogP contribution in [-0.4, -0.2) is 79.1 Å². The molecular weight excluding hydrogens is 871 g/mol. The van der Waals surface area contributed by atoms with Gasteiger partial charge in [0.2, 0.25) is 0 Å². The third-order valence-electron chi connectivity index (χ3n) is 10.6. The first-order valence-electron chi connectivity index (χ1n) is 20.7. The number of nitrogens with zero attached hydrogens (tertiary/aromatic N) is 3. The van der Waals surface area contributed by atoms with Crippen LogP contribution in [0.3, 0.4) is 0 Å². The molecule has 2 aliphatic heterocycles. The van der Waals surface area contributed by atoms with Crippen LogP contribution in [0.1, 0.15) is 115 Å². The SMILES string of the molecule is CCN(C(=O)C(F)(F)F)c1cc2c(cc1C)C1(OC(=O)c3ccc(C(=O)NCCCCCCOP(OCCC#N)N(C(C)C)C(C)C)cc31)c1cc(C)c(NC(=O)C(F)(F)F)cc1O2. The topological polar surface area (TPSA) is 160 Å². The van der Waals surface area contributed by atoms with E-state index < -0.39 is 56.7 Å². The third kappa shape index (κ3) is 10.6. The lowest BCUT2D eigenvalue weighted by molar-refractivity contribution is -0.170. The predicted molar refractivity (Wildman–Crippen MR) is 225 cm³/mol. The Balaban J connectivity index is 1.41. The Labute approximate surface area is 368 Å². The van der Waals surface area contributed by atoms with Crippen molar-refractivity contribution >= 4 is 43.6 Å². The number of halogens is 6. The van der Waals surface area contributed by atoms with E-state index in [-0.39, 0.29) is 86.9 Å². The van der Waals surface area contributed by atoms with Crippen LogP contribution in [0, 0.1) is 25.2 Å². The second-order valence-corrected chi connectivity index (χ2v) is 17.2. The van der Waals surface area contributed by atoms with E-state index in [0.29, 0.717) is 24.5 Å². The number of benzene rings is 3. The molecule has 0 fully saturated rings. The van der Waals surface area contributed by atoms with E-state index in [1.165, 1.54) is 51.1 Å². The Kier molecular flexibility index (Phi) is 15.7. The highest BCUT2D eigenvalue weighted by Gasteiger charge is 2.55. The number of ether oxygens (including phenoxy) is 2. The zero-order valence-electron chi connectivity index (χ0n) is 36.4. The Hall–Kier alpha value is -5.28. The number of anilines is 2. The fraction of sp³-hybridized carbons (Fsp3) is 0.477. The number of alkyl halides is 6. The normalized spacial score (nSPS) is 15.9. The molecule has 3 amide bonds. The zero-order chi connectivity index (χ0) is 47.3. The lowest BCUT2D eigenvalue weighted by Crippen LogP contribution is -2.41. The number of esters is 1. The molecule has 0 bridgehead atoms. The molecular formula is C44H50F6N5O8P. The molecule has 13 nitrogen and oxygen atoms in total. The summed E-state index contributed by atoms with van der Waals surface area (Å²) >= 11 is 0. The van der Waals surface area contributed by atoms with Crippen LogP contribution in [0.2, 0.25) is 0 Å². The third-order valence-corrected chi connectivity index (χ3v) is 12.7. The minimum atomic E-state index is -5.26. The van der Waals surface area contributed by atoms with E-state index in [2.05, 4.69) is 43.8 Å². The Morgan fingerprint density at radius 1 is 0.844 bits per heavy atom. The van der Waals surface area contributed by atoms with Crippen molar-refractivity contribution in [1.82, 2.24) is 9.99 Å². The Morgan fingerprint density at radius 2 is 1.47 bits per heavy atom. The number of hydrogen-bond acceptors (Lipinski definition) is 10. The van der Waals surface area contributed by atoms with E-state index in [0.717, 1.165) is 31.4 Å². The average Bonchev–Trinajstić information content (AvgIpc) is 3.50. The number of nitriles is 1. The van der Waals surface area contributed by atoms with Crippen molar-refractivity contribution in [3.63, 3.8) is 0 Å². The quantitative estimate of drug-likeness (QED) is 0.0544. The molecule has 2 atom stereocenters. The van der Waals surface area contributed by atoms with E-state index in [1.807, 2.05) is 0 Å². The molecule has 0 aromatic heterocycles. The van der Waals surface area contributed by atoms with Gasteiger partial charge in [-0.1, -0.05) is 12.8 Å². The number of amides is 3. The van der Waals surface area contributed by atoms with E-state index in [4.69, 9.17) is 23.8 Å². The zero-order valence-corrected chi connectivity index (χ0v) is 37.3. The lowest BCUT2D eigenvalue weighted by Gasteiger charge is -2.38. The molecule has 3 aromatic rings. The molecule has 3 aromatic carbocycles. The van der Waals surface area contributed by atoms with E-state index in [9.17, 15) is 45.5 Å². The van der Waals surface area contributed by atoms with Crippen LogP contribution < -0.4 is 20.3 Å². The second-order valence-electron chi connectivity index (χ2n) is 15.8. The number of aryl methyl sites for hydroxylation is 2. The van der Waals surface area contributed by atoms with Gasteiger partial charge in [-0.2, -0.15) is 31.6 Å². The molecule has 346 valence electrons. The smallest absolute Gasteiger partial charge is 0.456 e. The van der Waals surface area contributed by atoms with Gasteiger partial charge in [-0.05, 0) is 103 Å². The standard InChI is InChI=1S/C44H50F6N5O8P/c1-8-54(41(59)44(48,49)50)35-24-37-33(21-28(35)7)42(32-20-27(6)34(23-36(32)62-37)53-40(58)43(45,46)47)31-22-29(14-15-30(31)39(57)63-42)38(56)52-17-11-9-10-12-18-60-64(61-19-13-16-51)55(25(2)3)26(4)5/h14-15,20-26H,8-13,17-19H2,1-7H3,(H,52,56)(H,53,58). The van der Waals surface area contributed by atoms with Gasteiger partial charge in [0.25, 0.3) is 14.4 Å². The molecule has 5 rings (SSSR count). The number of rotatable bonds is 18. The minimum absolute atomic E-state index is 0.0258. The highest BCUT2D eigenvalue weighted by Crippen LogP contribution is 2.58. The van der Waals surface area contributed by atoms with Crippen molar-refractivity contribution in [3.05, 3.63) is 81.4 Å². The first-order valence-corrected chi connectivity index (χ1v) is 21.8. The minimum Gasteiger partial charge on any atom is -0.456 e. The van der Waals surface area contributed by atoms with Crippen LogP contribution in [0.5, 0.6) is 11.5 Å². The fourth-order valence-corrected chi connectivity index (χ4v) is 9.32. The number of hydrogen-bond donors (Lipinski definition) is 2. The van der Waals surface area contributed by atoms with Crippen LogP contribution in [0.25, 0.3) is 0 Å². The number of carbonyl (C=O) groups is 4. The predicted octanol–water partition coefficient (Wildman–Crippen LogP) is 9.87. The molecule has 64 heavy (non-hydrogen) atoms. The molecule has 2 unspecified atom stereocenters. The van der Waals surface area contributed by atoms with Crippen LogP contribution in [0.4, 0.5) is 37.7 Å². The van der Waals surface area contributed by atoms with Crippen LogP contribution in [-0.2, 0) is 29.0 Å². The van der Waals surface area contributed by atoms with Gasteiger partial charge in [-0.25, -0.2) is 9.46 Å². The average molecular weight is 922 g/mol. The lowest BCUT2D eigenvalue weighted by atomic mass is 9.76. The molecule has 2 N–H and O–H groups in total. The summed E-state index contributed by atoms with van der Waals surface area (Å²) in [7, 11) is -1.36. The molecule has 0 aliphatic carbocycles. The highest BCUT2D eigenvalue weighted by molar-refractivity contribution is 7.44. The van der Waals surface area contributed by atoms with Crippen molar-refractivity contribution < 1.29 is 64.0 Å². The number of unbranched alkanes of at least 4 members (excludes halogenated alkanes) is 3. The van der Waals surface area contributed by atoms with Gasteiger partial charge in [0.05, 0.1) is 37.0 Å². The van der Waals surface area contributed by atoms with E-state index in [1.54, 1.807) is 5.32 Å². The number of fused-ring (bicyclic) bond motifs is 6. The molecule has 0 saturated heterocycles. The van der Waals surface area contributed by atoms with Crippen molar-refractivity contribution in [3.8, 4) is 17.6 Å². The number of nitrogens with one attached hydrogen (secondary N) is 2. The van der Waals surface area contributed by atoms with Gasteiger partial charge in [-0.3, -0.25) is 14.4 Å². The summed E-state index contributed by atoms with van der Waals surface area (Å²) in [6.07, 6.45) is -7.33. The molecule has 0 radical (unpaired) electrons. The van der Waals surface area contributed by atoms with Crippen molar-refractivity contribution in [2.24, 2.45) is 0 Å². The summed E-state index contributed by atoms with van der Waals surface area (Å²) < 4.78 is 108. The van der Waals surface area contributed by atoms with Crippen LogP contribution in [0.15, 0.2) is 42.5 Å². The summed E-state index contributed by atoms with van der Waals surface area (Å²) in [4.78, 5) is 52.3. The van der Waals surface area contributed by atoms with Gasteiger partial charge < -0.3 is 34.1 Å². The second kappa shape index (κ2) is 20.3. The maximum absolute atomic E-state index is 13.7. The monoisotopic (exact) mass is 921 g/mol. The molecule has 2 aliphatic rings. The molecule has 1 spiro atoms. The fourth-order valence-electron chi connectivity index (χ4n) is 7.69. The van der Waals surface area contributed by atoms with Gasteiger partial charge >= 0.3 is 30.1 Å². The summed E-state index contributed by atoms with van der Waals surface area (Å²) in [6.45, 7) is 13.0. The van der Waals surface area contributed by atoms with E-state index >= 15 is 0 Å². The van der Waals surface area contributed by atoms with Crippen molar-refractivity contribution in [2.45, 2.75) is 111 Å². The van der Waals surface area contributed by atoms with Gasteiger partial charge in [0.15, 0.2) is 5.60 Å². The van der Waals surface area contributed by atoms with Crippen molar-refractivity contribution in [1.29, 1.82) is 5.26 Å². The maximum atomic E-state index is 13.7. The molecule has 2 heterocycles.